The van der Waals surface area contributed by atoms with Gasteiger partial charge >= 0.3 is 11.3 Å². The highest BCUT2D eigenvalue weighted by atomic mass is 16.7. The summed E-state index contributed by atoms with van der Waals surface area (Å²) in [5.74, 6) is -3.76. The number of benzene rings is 2. The molecule has 1 aromatic heterocycles. The van der Waals surface area contributed by atoms with E-state index in [1.807, 2.05) is 0 Å². The molecular weight excluding hydrogens is 596 g/mol. The van der Waals surface area contributed by atoms with E-state index in [9.17, 15) is 61.3 Å². The zero-order chi connectivity index (χ0) is 32.0. The molecule has 2 aliphatic rings. The normalized spacial score (nSPS) is 32.5. The molecule has 0 bridgehead atoms. The van der Waals surface area contributed by atoms with Crippen molar-refractivity contribution in [3.8, 4) is 45.8 Å². The molecule has 240 valence electrons. The Balaban J connectivity index is 1.45. The average molecular weight is 628 g/mol. The fourth-order valence-electron chi connectivity index (χ4n) is 4.88. The van der Waals surface area contributed by atoms with E-state index in [-0.39, 0.29) is 33.8 Å². The van der Waals surface area contributed by atoms with Crippen molar-refractivity contribution in [2.45, 2.75) is 61.4 Å². The number of fused-ring (bicyclic) bond motifs is 1. The zero-order valence-electron chi connectivity index (χ0n) is 22.5. The molecule has 0 radical (unpaired) electrons. The van der Waals surface area contributed by atoms with E-state index >= 15 is 0 Å². The van der Waals surface area contributed by atoms with Gasteiger partial charge in [-0.05, 0) is 0 Å². The number of phenolic OH excluding ortho intramolecular Hbond substituents is 5. The Morgan fingerprint density at radius 1 is 0.659 bits per heavy atom. The molecule has 0 saturated carbocycles. The maximum atomic E-state index is 10.7. The zero-order valence-corrected chi connectivity index (χ0v) is 22.5. The van der Waals surface area contributed by atoms with E-state index in [1.165, 1.54) is 6.07 Å². The van der Waals surface area contributed by atoms with E-state index in [2.05, 4.69) is 0 Å². The van der Waals surface area contributed by atoms with Gasteiger partial charge in [0.05, 0.1) is 24.8 Å². The van der Waals surface area contributed by atoms with Crippen molar-refractivity contribution in [2.75, 3.05) is 13.2 Å². The molecule has 2 saturated heterocycles. The molecule has 10 atom stereocenters. The second kappa shape index (κ2) is 12.3. The topological polar surface area (TPSA) is 291 Å². The standard InChI is InChI=1S/C27H30O17/c28-6-16-19(34)21(36)23(38)26(43-16)40-7-17-20(35)22(37)24(39)27(44-17)42-15-5-10-11(30)3-9(29)4-14(10)41-25(15)8-1-12(31)18(33)13(32)2-8/h1-5,16-17,19-24,26-28,34-39H,6-7H2,(H4-,29,30,31,32,33)/p+1. The smallest absolute Gasteiger partial charge is 0.402 e. The lowest BCUT2D eigenvalue weighted by Gasteiger charge is -2.42. The van der Waals surface area contributed by atoms with Gasteiger partial charge in [0, 0.05) is 24.3 Å². The van der Waals surface area contributed by atoms with E-state index < -0.39 is 97.6 Å². The summed E-state index contributed by atoms with van der Waals surface area (Å²) < 4.78 is 27.9. The van der Waals surface area contributed by atoms with Gasteiger partial charge in [-0.15, -0.1) is 0 Å². The molecule has 44 heavy (non-hydrogen) atoms. The largest absolute Gasteiger partial charge is 0.507 e. The third-order valence-corrected chi connectivity index (χ3v) is 7.33. The summed E-state index contributed by atoms with van der Waals surface area (Å²) in [6.45, 7) is -1.36. The molecule has 17 nitrogen and oxygen atoms in total. The quantitative estimate of drug-likeness (QED) is 0.0987. The highest BCUT2D eigenvalue weighted by Crippen LogP contribution is 2.45. The van der Waals surface area contributed by atoms with Crippen LogP contribution in [0.2, 0.25) is 0 Å². The first kappa shape index (κ1) is 31.7. The lowest BCUT2D eigenvalue weighted by atomic mass is 9.98. The minimum absolute atomic E-state index is 0.0119. The van der Waals surface area contributed by atoms with Crippen LogP contribution in [0.25, 0.3) is 22.3 Å². The van der Waals surface area contributed by atoms with Gasteiger partial charge in [-0.3, -0.25) is 0 Å². The molecule has 3 heterocycles. The molecule has 0 amide bonds. The van der Waals surface area contributed by atoms with Crippen molar-refractivity contribution in [2.24, 2.45) is 0 Å². The van der Waals surface area contributed by atoms with Crippen molar-refractivity contribution >= 4 is 11.0 Å². The minimum Gasteiger partial charge on any atom is -0.507 e. The number of hydrogen-bond acceptors (Lipinski definition) is 16. The van der Waals surface area contributed by atoms with Crippen LogP contribution in [0.15, 0.2) is 34.7 Å². The predicted molar refractivity (Wildman–Crippen MR) is 141 cm³/mol. The maximum Gasteiger partial charge on any atom is 0.402 e. The highest BCUT2D eigenvalue weighted by molar-refractivity contribution is 5.88. The van der Waals surface area contributed by atoms with Gasteiger partial charge < -0.3 is 80.2 Å². The molecule has 3 aromatic rings. The molecule has 10 unspecified atom stereocenters. The van der Waals surface area contributed by atoms with Crippen molar-refractivity contribution in [3.63, 3.8) is 0 Å². The van der Waals surface area contributed by atoms with Crippen molar-refractivity contribution in [1.29, 1.82) is 0 Å². The number of aromatic hydroxyl groups is 5. The molecule has 2 aromatic carbocycles. The summed E-state index contributed by atoms with van der Waals surface area (Å²) in [6, 6.07) is 5.31. The number of phenols is 5. The Hall–Kier alpha value is -3.75. The number of aliphatic hydroxyl groups is 7. The lowest BCUT2D eigenvalue weighted by Crippen LogP contribution is -2.62. The van der Waals surface area contributed by atoms with E-state index in [1.54, 1.807) is 0 Å². The molecule has 0 aliphatic carbocycles. The molecule has 2 fully saturated rings. The van der Waals surface area contributed by atoms with E-state index in [4.69, 9.17) is 23.4 Å². The van der Waals surface area contributed by atoms with E-state index in [0.717, 1.165) is 24.3 Å². The van der Waals surface area contributed by atoms with Gasteiger partial charge in [-0.25, -0.2) is 4.42 Å². The number of aliphatic hydroxyl groups excluding tert-OH is 7. The van der Waals surface area contributed by atoms with Crippen molar-refractivity contribution < 1.29 is 84.6 Å². The Morgan fingerprint density at radius 2 is 1.25 bits per heavy atom. The molecule has 2 aliphatic heterocycles. The van der Waals surface area contributed by atoms with Crippen LogP contribution in [0, 0.1) is 0 Å². The van der Waals surface area contributed by atoms with Crippen LogP contribution in [0.1, 0.15) is 0 Å². The lowest BCUT2D eigenvalue weighted by molar-refractivity contribution is -0.323. The summed E-state index contributed by atoms with van der Waals surface area (Å²) >= 11 is 0. The van der Waals surface area contributed by atoms with Gasteiger partial charge in [0.1, 0.15) is 65.7 Å². The Kier molecular flexibility index (Phi) is 8.87. The predicted octanol–water partition coefficient (Wildman–Crippen LogP) is -2.09. The average Bonchev–Trinajstić information content (AvgIpc) is 2.98. The van der Waals surface area contributed by atoms with Crippen LogP contribution in [0.4, 0.5) is 0 Å². The number of rotatable bonds is 7. The fraction of sp³-hybridized carbons (Fsp3) is 0.444. The molecule has 12 N–H and O–H groups in total. The first-order chi connectivity index (χ1) is 20.8. The molecular formula is C27H31O17+. The van der Waals surface area contributed by atoms with Crippen LogP contribution in [0.3, 0.4) is 0 Å². The van der Waals surface area contributed by atoms with Crippen LogP contribution in [-0.4, -0.2) is 136 Å². The van der Waals surface area contributed by atoms with Gasteiger partial charge in [-0.1, -0.05) is 0 Å². The molecule has 0 spiro atoms. The van der Waals surface area contributed by atoms with Crippen molar-refractivity contribution in [1.82, 2.24) is 0 Å². The van der Waals surface area contributed by atoms with Gasteiger partial charge in [0.2, 0.25) is 12.0 Å². The summed E-state index contributed by atoms with van der Waals surface area (Å²) in [7, 11) is 0. The monoisotopic (exact) mass is 627 g/mol. The van der Waals surface area contributed by atoms with E-state index in [0.29, 0.717) is 0 Å². The van der Waals surface area contributed by atoms with Crippen LogP contribution in [0.5, 0.6) is 34.5 Å². The van der Waals surface area contributed by atoms with Gasteiger partial charge in [0.25, 0.3) is 0 Å². The molecule has 5 rings (SSSR count). The fourth-order valence-corrected chi connectivity index (χ4v) is 4.88. The summed E-state index contributed by atoms with van der Waals surface area (Å²) in [4.78, 5) is 0. The third-order valence-electron chi connectivity index (χ3n) is 7.33. The van der Waals surface area contributed by atoms with Gasteiger partial charge in [-0.2, -0.15) is 0 Å². The second-order valence-corrected chi connectivity index (χ2v) is 10.3. The van der Waals surface area contributed by atoms with Gasteiger partial charge in [0.15, 0.2) is 23.5 Å². The summed E-state index contributed by atoms with van der Waals surface area (Å²) in [5.41, 5.74) is -0.186. The SMILES string of the molecule is OCC1OC(OCC2OC(Oc3cc4c(O)cc(O)cc4[o+]c3-c3cc(O)c(O)c(O)c3)C(O)C(O)C2O)C(O)C(O)C1O. The van der Waals surface area contributed by atoms with Crippen LogP contribution < -0.4 is 4.74 Å². The Bertz CT molecular complexity index is 1470. The first-order valence-corrected chi connectivity index (χ1v) is 13.2. The molecule has 17 heteroatoms. The number of ether oxygens (including phenoxy) is 4. The highest BCUT2D eigenvalue weighted by Gasteiger charge is 2.48. The third kappa shape index (κ3) is 5.85. The van der Waals surface area contributed by atoms with Crippen molar-refractivity contribution in [3.05, 3.63) is 30.3 Å². The van der Waals surface area contributed by atoms with Crippen LogP contribution in [-0.2, 0) is 14.2 Å². The Labute approximate surface area is 246 Å². The van der Waals surface area contributed by atoms with Crippen LogP contribution >= 0.6 is 0 Å². The second-order valence-electron chi connectivity index (χ2n) is 10.3. The first-order valence-electron chi connectivity index (χ1n) is 13.2. The maximum absolute atomic E-state index is 10.7. The summed E-state index contributed by atoms with van der Waals surface area (Å²) in [6.07, 6.45) is -16.9. The number of hydrogen-bond donors (Lipinski definition) is 12. The summed E-state index contributed by atoms with van der Waals surface area (Å²) in [5, 5.41) is 122. The Morgan fingerprint density at radius 3 is 1.89 bits per heavy atom. The minimum atomic E-state index is -1.91.